The number of benzene rings is 2. The molecule has 0 unspecified atom stereocenters. The first-order valence-electron chi connectivity index (χ1n) is 8.26. The van der Waals surface area contributed by atoms with Crippen molar-refractivity contribution in [3.63, 3.8) is 0 Å². The Hall–Kier alpha value is -2.86. The zero-order valence-corrected chi connectivity index (χ0v) is 14.3. The average Bonchev–Trinajstić information content (AvgIpc) is 2.60. The lowest BCUT2D eigenvalue weighted by Gasteiger charge is -2.09. The van der Waals surface area contributed by atoms with Gasteiger partial charge >= 0.3 is 0 Å². The van der Waals surface area contributed by atoms with E-state index < -0.39 is 0 Å². The fraction of sp³-hybridized carbons (Fsp3) is 0.263. The minimum atomic E-state index is -0.103. The lowest BCUT2D eigenvalue weighted by molar-refractivity contribution is -0.116. The second-order valence-electron chi connectivity index (χ2n) is 5.76. The Kier molecular flexibility index (Phi) is 6.98. The van der Waals surface area contributed by atoms with E-state index in [-0.39, 0.29) is 11.8 Å². The number of carbonyl (C=O) groups is 2. The Morgan fingerprint density at radius 3 is 2.40 bits per heavy atom. The van der Waals surface area contributed by atoms with Crippen molar-refractivity contribution in [2.45, 2.75) is 13.3 Å². The van der Waals surface area contributed by atoms with Crippen LogP contribution in [0, 0.1) is 6.92 Å². The number of nitrogens with two attached hydrogens (primary N) is 1. The van der Waals surface area contributed by atoms with Gasteiger partial charge in [-0.05, 0) is 31.2 Å². The summed E-state index contributed by atoms with van der Waals surface area (Å²) in [7, 11) is 0. The number of hydrogen-bond acceptors (Lipinski definition) is 4. The lowest BCUT2D eigenvalue weighted by Crippen LogP contribution is -2.33. The van der Waals surface area contributed by atoms with Gasteiger partial charge in [-0.2, -0.15) is 0 Å². The van der Waals surface area contributed by atoms with E-state index >= 15 is 0 Å². The van der Waals surface area contributed by atoms with Crippen LogP contribution in [0.1, 0.15) is 22.3 Å². The summed E-state index contributed by atoms with van der Waals surface area (Å²) in [4.78, 5) is 23.8. The fourth-order valence-corrected chi connectivity index (χ4v) is 2.22. The predicted octanol–water partition coefficient (Wildman–Crippen LogP) is 1.93. The first kappa shape index (κ1) is 18.5. The molecular formula is C19H24N4O2. The molecule has 132 valence electrons. The molecule has 25 heavy (non-hydrogen) atoms. The minimum absolute atomic E-state index is 0.0981. The highest BCUT2D eigenvalue weighted by atomic mass is 16.2. The molecule has 0 aliphatic rings. The van der Waals surface area contributed by atoms with Crippen LogP contribution in [0.5, 0.6) is 0 Å². The molecule has 5 N–H and O–H groups in total. The summed E-state index contributed by atoms with van der Waals surface area (Å²) in [6.45, 7) is 3.60. The van der Waals surface area contributed by atoms with Crippen LogP contribution in [0.4, 0.5) is 11.4 Å². The van der Waals surface area contributed by atoms with Gasteiger partial charge in [0.25, 0.3) is 5.91 Å². The number of carbonyl (C=O) groups excluding carboxylic acids is 2. The number of hydrogen-bond donors (Lipinski definition) is 4. The largest absolute Gasteiger partial charge is 0.397 e. The molecular weight excluding hydrogens is 316 g/mol. The molecule has 2 rings (SSSR count). The van der Waals surface area contributed by atoms with Gasteiger partial charge in [-0.3, -0.25) is 9.59 Å². The normalized spacial score (nSPS) is 10.3. The van der Waals surface area contributed by atoms with E-state index in [1.165, 1.54) is 0 Å². The van der Waals surface area contributed by atoms with Gasteiger partial charge in [0.2, 0.25) is 5.91 Å². The topological polar surface area (TPSA) is 96.2 Å². The van der Waals surface area contributed by atoms with Gasteiger partial charge < -0.3 is 21.7 Å². The third kappa shape index (κ3) is 6.27. The van der Waals surface area contributed by atoms with Crippen molar-refractivity contribution in [1.29, 1.82) is 0 Å². The molecule has 0 aromatic heterocycles. The first-order chi connectivity index (χ1) is 12.1. The van der Waals surface area contributed by atoms with Gasteiger partial charge in [-0.15, -0.1) is 0 Å². The summed E-state index contributed by atoms with van der Waals surface area (Å²) in [5, 5.41) is 8.73. The molecule has 0 radical (unpaired) electrons. The maximum absolute atomic E-state index is 11.9. The van der Waals surface area contributed by atoms with Gasteiger partial charge in [0.1, 0.15) is 0 Å². The van der Waals surface area contributed by atoms with E-state index in [1.54, 1.807) is 24.3 Å². The number of anilines is 2. The molecule has 2 aromatic rings. The van der Waals surface area contributed by atoms with E-state index in [0.717, 1.165) is 5.56 Å². The fourth-order valence-electron chi connectivity index (χ4n) is 2.22. The second kappa shape index (κ2) is 9.44. The van der Waals surface area contributed by atoms with Gasteiger partial charge in [0.15, 0.2) is 0 Å². The Balaban J connectivity index is 1.58. The zero-order valence-electron chi connectivity index (χ0n) is 14.3. The van der Waals surface area contributed by atoms with Crippen LogP contribution < -0.4 is 21.7 Å². The number of nitrogen functional groups attached to an aromatic ring is 1. The highest BCUT2D eigenvalue weighted by Crippen LogP contribution is 2.16. The van der Waals surface area contributed by atoms with Crippen LogP contribution in [-0.2, 0) is 4.79 Å². The summed E-state index contributed by atoms with van der Waals surface area (Å²) in [6.07, 6.45) is 0.334. The SMILES string of the molecule is Cc1ccc(C(=O)NCCNCCC(=O)Nc2ccccc2N)cc1. The molecule has 0 bridgehead atoms. The third-order valence-electron chi connectivity index (χ3n) is 3.66. The van der Waals surface area contributed by atoms with Gasteiger partial charge in [0.05, 0.1) is 11.4 Å². The Labute approximate surface area is 147 Å². The standard InChI is InChI=1S/C19H24N4O2/c1-14-6-8-15(9-7-14)19(25)22-13-12-21-11-10-18(24)23-17-5-3-2-4-16(17)20/h2-9,21H,10-13,20H2,1H3,(H,22,25)(H,23,24). The number of aryl methyl sites for hydroxylation is 1. The highest BCUT2D eigenvalue weighted by molar-refractivity contribution is 5.94. The van der Waals surface area contributed by atoms with Crippen molar-refractivity contribution < 1.29 is 9.59 Å². The molecule has 6 nitrogen and oxygen atoms in total. The molecule has 0 saturated carbocycles. The molecule has 0 saturated heterocycles. The lowest BCUT2D eigenvalue weighted by atomic mass is 10.1. The predicted molar refractivity (Wildman–Crippen MR) is 100 cm³/mol. The first-order valence-corrected chi connectivity index (χ1v) is 8.26. The van der Waals surface area contributed by atoms with Crippen LogP contribution in [0.15, 0.2) is 48.5 Å². The van der Waals surface area contributed by atoms with E-state index in [4.69, 9.17) is 5.73 Å². The Bertz CT molecular complexity index is 714. The quantitative estimate of drug-likeness (QED) is 0.436. The van der Waals surface area contributed by atoms with Gasteiger partial charge in [-0.1, -0.05) is 29.8 Å². The van der Waals surface area contributed by atoms with Crippen LogP contribution in [-0.4, -0.2) is 31.4 Å². The third-order valence-corrected chi connectivity index (χ3v) is 3.66. The zero-order chi connectivity index (χ0) is 18.1. The van der Waals surface area contributed by atoms with E-state index in [9.17, 15) is 9.59 Å². The monoisotopic (exact) mass is 340 g/mol. The Morgan fingerprint density at radius 2 is 1.68 bits per heavy atom. The highest BCUT2D eigenvalue weighted by Gasteiger charge is 2.05. The van der Waals surface area contributed by atoms with Gasteiger partial charge in [0, 0.05) is 31.6 Å². The average molecular weight is 340 g/mol. The Morgan fingerprint density at radius 1 is 0.960 bits per heavy atom. The number of para-hydroxylation sites is 2. The van der Waals surface area contributed by atoms with Crippen molar-refractivity contribution >= 4 is 23.2 Å². The van der Waals surface area contributed by atoms with Crippen molar-refractivity contribution in [3.8, 4) is 0 Å². The van der Waals surface area contributed by atoms with Crippen molar-refractivity contribution in [1.82, 2.24) is 10.6 Å². The molecule has 0 fully saturated rings. The van der Waals surface area contributed by atoms with Crippen molar-refractivity contribution in [3.05, 3.63) is 59.7 Å². The number of amides is 2. The number of rotatable bonds is 8. The summed E-state index contributed by atoms with van der Waals surface area (Å²) >= 11 is 0. The van der Waals surface area contributed by atoms with Crippen LogP contribution in [0.3, 0.4) is 0 Å². The minimum Gasteiger partial charge on any atom is -0.397 e. The van der Waals surface area contributed by atoms with Crippen LogP contribution in [0.25, 0.3) is 0 Å². The van der Waals surface area contributed by atoms with E-state index in [2.05, 4.69) is 16.0 Å². The number of nitrogens with one attached hydrogen (secondary N) is 3. The molecule has 0 aliphatic heterocycles. The maximum atomic E-state index is 11.9. The summed E-state index contributed by atoms with van der Waals surface area (Å²) in [6, 6.07) is 14.6. The second-order valence-corrected chi connectivity index (χ2v) is 5.76. The summed E-state index contributed by atoms with van der Waals surface area (Å²) in [5.74, 6) is -0.201. The summed E-state index contributed by atoms with van der Waals surface area (Å²) in [5.41, 5.74) is 8.71. The van der Waals surface area contributed by atoms with Gasteiger partial charge in [-0.25, -0.2) is 0 Å². The van der Waals surface area contributed by atoms with Crippen LogP contribution >= 0.6 is 0 Å². The molecule has 2 aromatic carbocycles. The van der Waals surface area contributed by atoms with Crippen LogP contribution in [0.2, 0.25) is 0 Å². The molecule has 0 heterocycles. The van der Waals surface area contributed by atoms with E-state index in [0.29, 0.717) is 43.0 Å². The molecule has 0 spiro atoms. The molecule has 0 atom stereocenters. The maximum Gasteiger partial charge on any atom is 0.251 e. The molecule has 0 aliphatic carbocycles. The summed E-state index contributed by atoms with van der Waals surface area (Å²) < 4.78 is 0. The van der Waals surface area contributed by atoms with Crippen molar-refractivity contribution in [2.24, 2.45) is 0 Å². The molecule has 2 amide bonds. The van der Waals surface area contributed by atoms with E-state index in [1.807, 2.05) is 31.2 Å². The molecule has 6 heteroatoms. The van der Waals surface area contributed by atoms with Crippen molar-refractivity contribution in [2.75, 3.05) is 30.7 Å². The smallest absolute Gasteiger partial charge is 0.251 e.